The lowest BCUT2D eigenvalue weighted by Gasteiger charge is -2.28. The molecule has 1 fully saturated rings. The van der Waals surface area contributed by atoms with E-state index in [1.807, 2.05) is 0 Å². The first-order valence-corrected chi connectivity index (χ1v) is 7.99. The van der Waals surface area contributed by atoms with E-state index in [4.69, 9.17) is 15.2 Å². The van der Waals surface area contributed by atoms with Crippen LogP contribution in [0.5, 0.6) is 0 Å². The monoisotopic (exact) mass is 285 g/mol. The summed E-state index contributed by atoms with van der Waals surface area (Å²) in [5, 5.41) is 0. The van der Waals surface area contributed by atoms with Crippen molar-refractivity contribution in [2.24, 2.45) is 17.6 Å². The molecule has 118 valence electrons. The normalized spacial score (nSPS) is 24.6. The SMILES string of the molecule is COC1CCCC(OC(=O)CCC(CCN)C(C)C)C1. The second-order valence-electron chi connectivity index (χ2n) is 6.26. The van der Waals surface area contributed by atoms with Crippen LogP contribution in [0.25, 0.3) is 0 Å². The van der Waals surface area contributed by atoms with Crippen LogP contribution in [0.2, 0.25) is 0 Å². The predicted octanol–water partition coefficient (Wildman–Crippen LogP) is 2.89. The highest BCUT2D eigenvalue weighted by Crippen LogP contribution is 2.25. The van der Waals surface area contributed by atoms with Crippen molar-refractivity contribution in [2.45, 2.75) is 71.0 Å². The van der Waals surface area contributed by atoms with E-state index in [2.05, 4.69) is 13.8 Å². The molecular weight excluding hydrogens is 254 g/mol. The average Bonchev–Trinajstić information content (AvgIpc) is 2.43. The van der Waals surface area contributed by atoms with Gasteiger partial charge in [-0.15, -0.1) is 0 Å². The highest BCUT2D eigenvalue weighted by molar-refractivity contribution is 5.69. The number of hydrogen-bond donors (Lipinski definition) is 1. The summed E-state index contributed by atoms with van der Waals surface area (Å²) in [5.74, 6) is 1.03. The molecule has 0 spiro atoms. The Bertz CT molecular complexity index is 281. The van der Waals surface area contributed by atoms with Crippen molar-refractivity contribution >= 4 is 5.97 Å². The van der Waals surface area contributed by atoms with E-state index in [1.165, 1.54) is 0 Å². The van der Waals surface area contributed by atoms with E-state index in [9.17, 15) is 4.79 Å². The van der Waals surface area contributed by atoms with E-state index in [0.717, 1.165) is 38.5 Å². The van der Waals surface area contributed by atoms with Gasteiger partial charge in [-0.1, -0.05) is 13.8 Å². The zero-order chi connectivity index (χ0) is 15.0. The molecule has 0 aromatic heterocycles. The quantitative estimate of drug-likeness (QED) is 0.697. The molecule has 4 nitrogen and oxygen atoms in total. The Hall–Kier alpha value is -0.610. The van der Waals surface area contributed by atoms with E-state index >= 15 is 0 Å². The van der Waals surface area contributed by atoms with Crippen molar-refractivity contribution < 1.29 is 14.3 Å². The Balaban J connectivity index is 2.28. The Labute approximate surface area is 123 Å². The van der Waals surface area contributed by atoms with Crippen LogP contribution in [0.15, 0.2) is 0 Å². The van der Waals surface area contributed by atoms with E-state index in [1.54, 1.807) is 7.11 Å². The van der Waals surface area contributed by atoms with E-state index < -0.39 is 0 Å². The van der Waals surface area contributed by atoms with Gasteiger partial charge < -0.3 is 15.2 Å². The number of nitrogens with two attached hydrogens (primary N) is 1. The summed E-state index contributed by atoms with van der Waals surface area (Å²) < 4.78 is 10.9. The molecule has 3 atom stereocenters. The lowest BCUT2D eigenvalue weighted by molar-refractivity contribution is -0.153. The van der Waals surface area contributed by atoms with E-state index in [-0.39, 0.29) is 18.2 Å². The summed E-state index contributed by atoms with van der Waals surface area (Å²) in [5.41, 5.74) is 5.62. The molecule has 3 unspecified atom stereocenters. The number of rotatable bonds is 8. The number of hydrogen-bond acceptors (Lipinski definition) is 4. The molecule has 0 aromatic rings. The number of ether oxygens (including phenoxy) is 2. The van der Waals surface area contributed by atoms with Gasteiger partial charge in [-0.3, -0.25) is 4.79 Å². The third-order valence-electron chi connectivity index (χ3n) is 4.41. The van der Waals surface area contributed by atoms with Crippen molar-refractivity contribution in [2.75, 3.05) is 13.7 Å². The molecule has 4 heteroatoms. The third kappa shape index (κ3) is 6.23. The van der Waals surface area contributed by atoms with Gasteiger partial charge in [0.2, 0.25) is 0 Å². The number of esters is 1. The second kappa shape index (κ2) is 9.35. The summed E-state index contributed by atoms with van der Waals surface area (Å²) in [6.45, 7) is 5.07. The van der Waals surface area contributed by atoms with Gasteiger partial charge in [-0.25, -0.2) is 0 Å². The minimum absolute atomic E-state index is 0.0493. The molecule has 0 saturated heterocycles. The van der Waals surface area contributed by atoms with Gasteiger partial charge in [0.25, 0.3) is 0 Å². The number of methoxy groups -OCH3 is 1. The smallest absolute Gasteiger partial charge is 0.306 e. The van der Waals surface area contributed by atoms with Gasteiger partial charge in [-0.05, 0) is 50.5 Å². The summed E-state index contributed by atoms with van der Waals surface area (Å²) in [6.07, 6.45) is 6.66. The van der Waals surface area contributed by atoms with Crippen molar-refractivity contribution in [3.05, 3.63) is 0 Å². The summed E-state index contributed by atoms with van der Waals surface area (Å²) >= 11 is 0. The topological polar surface area (TPSA) is 61.5 Å². The van der Waals surface area contributed by atoms with Crippen LogP contribution in [-0.2, 0) is 14.3 Å². The maximum Gasteiger partial charge on any atom is 0.306 e. The highest BCUT2D eigenvalue weighted by atomic mass is 16.5. The molecule has 0 heterocycles. The summed E-state index contributed by atoms with van der Waals surface area (Å²) in [7, 11) is 1.73. The minimum atomic E-state index is -0.0607. The van der Waals surface area contributed by atoms with Crippen molar-refractivity contribution in [1.82, 2.24) is 0 Å². The van der Waals surface area contributed by atoms with Gasteiger partial charge in [0, 0.05) is 20.0 Å². The van der Waals surface area contributed by atoms with E-state index in [0.29, 0.717) is 24.8 Å². The first-order chi connectivity index (χ1) is 9.56. The van der Waals surface area contributed by atoms with Gasteiger partial charge >= 0.3 is 5.97 Å². The Morgan fingerprint density at radius 2 is 1.95 bits per heavy atom. The summed E-state index contributed by atoms with van der Waals surface area (Å²) in [4.78, 5) is 11.9. The fourth-order valence-corrected chi connectivity index (χ4v) is 3.00. The fraction of sp³-hybridized carbons (Fsp3) is 0.938. The number of carbonyl (C=O) groups excluding carboxylic acids is 1. The van der Waals surface area contributed by atoms with Crippen LogP contribution in [0.3, 0.4) is 0 Å². The first-order valence-electron chi connectivity index (χ1n) is 7.99. The molecule has 2 N–H and O–H groups in total. The lowest BCUT2D eigenvalue weighted by Crippen LogP contribution is -2.29. The largest absolute Gasteiger partial charge is 0.462 e. The van der Waals surface area contributed by atoms with Crippen LogP contribution in [0.1, 0.15) is 58.8 Å². The first kappa shape index (κ1) is 17.4. The maximum absolute atomic E-state index is 11.9. The molecule has 1 rings (SSSR count). The lowest BCUT2D eigenvalue weighted by atomic mass is 9.88. The fourth-order valence-electron chi connectivity index (χ4n) is 3.00. The third-order valence-corrected chi connectivity index (χ3v) is 4.41. The van der Waals surface area contributed by atoms with Gasteiger partial charge in [-0.2, -0.15) is 0 Å². The molecule has 1 aliphatic rings. The van der Waals surface area contributed by atoms with Crippen LogP contribution < -0.4 is 5.73 Å². The minimum Gasteiger partial charge on any atom is -0.462 e. The predicted molar refractivity (Wildman–Crippen MR) is 80.4 cm³/mol. The zero-order valence-electron chi connectivity index (χ0n) is 13.3. The Morgan fingerprint density at radius 1 is 1.25 bits per heavy atom. The number of carbonyl (C=O) groups is 1. The second-order valence-corrected chi connectivity index (χ2v) is 6.26. The van der Waals surface area contributed by atoms with Crippen molar-refractivity contribution in [3.8, 4) is 0 Å². The maximum atomic E-state index is 11.9. The van der Waals surface area contributed by atoms with Crippen molar-refractivity contribution in [3.63, 3.8) is 0 Å². The molecule has 1 saturated carbocycles. The van der Waals surface area contributed by atoms with Crippen molar-refractivity contribution in [1.29, 1.82) is 0 Å². The Kier molecular flexibility index (Phi) is 8.15. The molecule has 0 bridgehead atoms. The molecule has 0 aromatic carbocycles. The molecule has 0 aliphatic heterocycles. The zero-order valence-corrected chi connectivity index (χ0v) is 13.3. The van der Waals surface area contributed by atoms with Crippen LogP contribution in [0, 0.1) is 11.8 Å². The van der Waals surface area contributed by atoms with Crippen LogP contribution in [-0.4, -0.2) is 31.8 Å². The molecule has 0 radical (unpaired) electrons. The molecular formula is C16H31NO3. The summed E-state index contributed by atoms with van der Waals surface area (Å²) in [6, 6.07) is 0. The highest BCUT2D eigenvalue weighted by Gasteiger charge is 2.25. The molecule has 20 heavy (non-hydrogen) atoms. The molecule has 0 amide bonds. The average molecular weight is 285 g/mol. The van der Waals surface area contributed by atoms with Crippen LogP contribution in [0.4, 0.5) is 0 Å². The van der Waals surface area contributed by atoms with Gasteiger partial charge in [0.1, 0.15) is 6.10 Å². The molecule has 1 aliphatic carbocycles. The van der Waals surface area contributed by atoms with Crippen LogP contribution >= 0.6 is 0 Å². The van der Waals surface area contributed by atoms with Gasteiger partial charge in [0.05, 0.1) is 6.10 Å². The Morgan fingerprint density at radius 3 is 2.55 bits per heavy atom. The van der Waals surface area contributed by atoms with Gasteiger partial charge in [0.15, 0.2) is 0 Å². The standard InChI is InChI=1S/C16H31NO3/c1-12(2)13(9-10-17)7-8-16(18)20-15-6-4-5-14(11-15)19-3/h12-15H,4-11,17H2,1-3H3.